The van der Waals surface area contributed by atoms with Crippen LogP contribution in [0.4, 0.5) is 5.82 Å². The van der Waals surface area contributed by atoms with Crippen LogP contribution in [0.25, 0.3) is 16.6 Å². The zero-order chi connectivity index (χ0) is 15.3. The minimum atomic E-state index is -0.284. The van der Waals surface area contributed by atoms with E-state index in [4.69, 9.17) is 10.7 Å². The maximum atomic E-state index is 11.7. The van der Waals surface area contributed by atoms with Crippen LogP contribution < -0.4 is 10.6 Å². The number of anilines is 1. The SMILES string of the molecule is Cc1cc2nc(N3CCC[C@@H]3C(N)=O)c3ccccc3n2n1. The summed E-state index contributed by atoms with van der Waals surface area (Å²) in [5.74, 6) is 0.539. The Kier molecular flexibility index (Phi) is 2.79. The second-order valence-corrected chi connectivity index (χ2v) is 5.76. The number of carbonyl (C=O) groups excluding carboxylic acids is 1. The van der Waals surface area contributed by atoms with E-state index in [1.807, 2.05) is 46.7 Å². The lowest BCUT2D eigenvalue weighted by molar-refractivity contribution is -0.119. The van der Waals surface area contributed by atoms with Crippen LogP contribution in [0, 0.1) is 6.92 Å². The van der Waals surface area contributed by atoms with Crippen LogP contribution in [0.1, 0.15) is 18.5 Å². The molecule has 0 spiro atoms. The lowest BCUT2D eigenvalue weighted by Gasteiger charge is -2.24. The van der Waals surface area contributed by atoms with E-state index in [1.54, 1.807) is 0 Å². The Hall–Kier alpha value is -2.63. The fourth-order valence-electron chi connectivity index (χ4n) is 3.29. The summed E-state index contributed by atoms with van der Waals surface area (Å²) in [5, 5.41) is 5.50. The molecule has 1 atom stereocenters. The third-order valence-corrected chi connectivity index (χ3v) is 4.26. The molecular formula is C16H17N5O. The molecule has 112 valence electrons. The Morgan fingerprint density at radius 1 is 1.36 bits per heavy atom. The Morgan fingerprint density at radius 2 is 2.18 bits per heavy atom. The van der Waals surface area contributed by atoms with Crippen molar-refractivity contribution in [3.63, 3.8) is 0 Å². The number of aromatic nitrogens is 3. The zero-order valence-electron chi connectivity index (χ0n) is 12.4. The van der Waals surface area contributed by atoms with Crippen LogP contribution in [-0.4, -0.2) is 33.1 Å². The number of nitrogens with two attached hydrogens (primary N) is 1. The van der Waals surface area contributed by atoms with Gasteiger partial charge in [-0.15, -0.1) is 0 Å². The first-order valence-corrected chi connectivity index (χ1v) is 7.46. The highest BCUT2D eigenvalue weighted by atomic mass is 16.1. The smallest absolute Gasteiger partial charge is 0.240 e. The molecule has 3 aromatic rings. The molecule has 0 aliphatic carbocycles. The maximum absolute atomic E-state index is 11.7. The maximum Gasteiger partial charge on any atom is 0.240 e. The van der Waals surface area contributed by atoms with Gasteiger partial charge in [-0.1, -0.05) is 12.1 Å². The Labute approximate surface area is 127 Å². The molecule has 22 heavy (non-hydrogen) atoms. The van der Waals surface area contributed by atoms with Crippen LogP contribution in [0.3, 0.4) is 0 Å². The van der Waals surface area contributed by atoms with Gasteiger partial charge in [0.2, 0.25) is 5.91 Å². The third kappa shape index (κ3) is 1.83. The van der Waals surface area contributed by atoms with E-state index in [0.717, 1.165) is 47.4 Å². The van der Waals surface area contributed by atoms with Crippen molar-refractivity contribution in [2.45, 2.75) is 25.8 Å². The summed E-state index contributed by atoms with van der Waals surface area (Å²) in [7, 11) is 0. The second-order valence-electron chi connectivity index (χ2n) is 5.76. The van der Waals surface area contributed by atoms with Gasteiger partial charge in [0.05, 0.1) is 11.2 Å². The van der Waals surface area contributed by atoms with Gasteiger partial charge in [0, 0.05) is 18.0 Å². The van der Waals surface area contributed by atoms with Gasteiger partial charge in [0.15, 0.2) is 5.65 Å². The standard InChI is InChI=1S/C16H17N5O/c1-10-9-14-18-16(20-8-4-7-13(20)15(17)22)11-5-2-3-6-12(11)21(14)19-10/h2-3,5-6,9,13H,4,7-8H2,1H3,(H2,17,22)/t13-/m1/s1. The predicted octanol–water partition coefficient (Wildman–Crippen LogP) is 1.65. The molecule has 1 aliphatic rings. The number of primary amides is 1. The van der Waals surface area contributed by atoms with E-state index < -0.39 is 0 Å². The van der Waals surface area contributed by atoms with Crippen molar-refractivity contribution in [1.29, 1.82) is 0 Å². The first-order valence-electron chi connectivity index (χ1n) is 7.46. The van der Waals surface area contributed by atoms with Crippen LogP contribution in [-0.2, 0) is 4.79 Å². The summed E-state index contributed by atoms with van der Waals surface area (Å²) in [5.41, 5.74) is 8.26. The van der Waals surface area contributed by atoms with Gasteiger partial charge in [-0.2, -0.15) is 5.10 Å². The molecular weight excluding hydrogens is 278 g/mol. The second kappa shape index (κ2) is 4.69. The quantitative estimate of drug-likeness (QED) is 0.780. The summed E-state index contributed by atoms with van der Waals surface area (Å²) in [6, 6.07) is 9.68. The van der Waals surface area contributed by atoms with Crippen LogP contribution in [0.15, 0.2) is 30.3 Å². The van der Waals surface area contributed by atoms with Crippen molar-refractivity contribution in [1.82, 2.24) is 14.6 Å². The molecule has 0 saturated carbocycles. The van der Waals surface area contributed by atoms with Crippen molar-refractivity contribution >= 4 is 28.3 Å². The number of hydrogen-bond acceptors (Lipinski definition) is 4. The number of rotatable bonds is 2. The Balaban J connectivity index is 2.01. The number of nitrogens with zero attached hydrogens (tertiary/aromatic N) is 4. The number of aryl methyl sites for hydroxylation is 1. The van der Waals surface area contributed by atoms with E-state index in [1.165, 1.54) is 0 Å². The summed E-state index contributed by atoms with van der Waals surface area (Å²) in [6.45, 7) is 2.75. The number of hydrogen-bond donors (Lipinski definition) is 1. The normalized spacial score (nSPS) is 18.4. The number of carbonyl (C=O) groups is 1. The predicted molar refractivity (Wildman–Crippen MR) is 84.8 cm³/mol. The van der Waals surface area contributed by atoms with Gasteiger partial charge >= 0.3 is 0 Å². The molecule has 1 aliphatic heterocycles. The molecule has 0 radical (unpaired) electrons. The minimum Gasteiger partial charge on any atom is -0.368 e. The highest BCUT2D eigenvalue weighted by Gasteiger charge is 2.31. The molecule has 4 rings (SSSR count). The number of fused-ring (bicyclic) bond motifs is 3. The molecule has 6 heteroatoms. The highest BCUT2D eigenvalue weighted by Crippen LogP contribution is 2.31. The van der Waals surface area contributed by atoms with Gasteiger partial charge in [0.1, 0.15) is 11.9 Å². The average Bonchev–Trinajstić information content (AvgIpc) is 3.11. The lowest BCUT2D eigenvalue weighted by Crippen LogP contribution is -2.40. The topological polar surface area (TPSA) is 76.5 Å². The van der Waals surface area contributed by atoms with E-state index in [-0.39, 0.29) is 11.9 Å². The Bertz CT molecular complexity index is 885. The molecule has 0 unspecified atom stereocenters. The molecule has 6 nitrogen and oxygen atoms in total. The van der Waals surface area contributed by atoms with E-state index in [2.05, 4.69) is 5.10 Å². The summed E-state index contributed by atoms with van der Waals surface area (Å²) in [4.78, 5) is 18.5. The molecule has 3 heterocycles. The highest BCUT2D eigenvalue weighted by molar-refractivity contribution is 5.94. The van der Waals surface area contributed by atoms with E-state index in [0.29, 0.717) is 0 Å². The van der Waals surface area contributed by atoms with Crippen molar-refractivity contribution in [2.24, 2.45) is 5.73 Å². The fraction of sp³-hybridized carbons (Fsp3) is 0.312. The molecule has 2 N–H and O–H groups in total. The van der Waals surface area contributed by atoms with Gasteiger partial charge in [-0.25, -0.2) is 9.50 Å². The van der Waals surface area contributed by atoms with Crippen molar-refractivity contribution in [3.8, 4) is 0 Å². The van der Waals surface area contributed by atoms with Gasteiger partial charge in [0.25, 0.3) is 0 Å². The van der Waals surface area contributed by atoms with Gasteiger partial charge < -0.3 is 10.6 Å². The van der Waals surface area contributed by atoms with E-state index >= 15 is 0 Å². The number of para-hydroxylation sites is 1. The summed E-state index contributed by atoms with van der Waals surface area (Å²) >= 11 is 0. The first kappa shape index (κ1) is 13.1. The molecule has 2 aromatic heterocycles. The van der Waals surface area contributed by atoms with Crippen molar-refractivity contribution in [3.05, 3.63) is 36.0 Å². The van der Waals surface area contributed by atoms with Gasteiger partial charge in [-0.05, 0) is 31.9 Å². The summed E-state index contributed by atoms with van der Waals surface area (Å²) < 4.78 is 1.85. The van der Waals surface area contributed by atoms with Crippen molar-refractivity contribution < 1.29 is 4.79 Å². The minimum absolute atomic E-state index is 0.276. The largest absolute Gasteiger partial charge is 0.368 e. The lowest BCUT2D eigenvalue weighted by atomic mass is 10.2. The molecule has 0 bridgehead atoms. The fourth-order valence-corrected chi connectivity index (χ4v) is 3.29. The van der Waals surface area contributed by atoms with Crippen molar-refractivity contribution in [2.75, 3.05) is 11.4 Å². The van der Waals surface area contributed by atoms with Crippen LogP contribution in [0.2, 0.25) is 0 Å². The number of amides is 1. The van der Waals surface area contributed by atoms with Crippen LogP contribution >= 0.6 is 0 Å². The molecule has 1 fully saturated rings. The van der Waals surface area contributed by atoms with Crippen LogP contribution in [0.5, 0.6) is 0 Å². The third-order valence-electron chi connectivity index (χ3n) is 4.26. The summed E-state index contributed by atoms with van der Waals surface area (Å²) in [6.07, 6.45) is 1.74. The van der Waals surface area contributed by atoms with E-state index in [9.17, 15) is 4.79 Å². The van der Waals surface area contributed by atoms with Gasteiger partial charge in [-0.3, -0.25) is 4.79 Å². The number of benzene rings is 1. The molecule has 1 aromatic carbocycles. The Morgan fingerprint density at radius 3 is 3.00 bits per heavy atom. The molecule has 1 saturated heterocycles. The molecule has 1 amide bonds. The monoisotopic (exact) mass is 295 g/mol. The zero-order valence-corrected chi connectivity index (χ0v) is 12.4. The average molecular weight is 295 g/mol. The first-order chi connectivity index (χ1) is 10.6.